The highest BCUT2D eigenvalue weighted by Crippen LogP contribution is 2.16. The molecule has 1 aromatic rings. The molecule has 0 unspecified atom stereocenters. The minimum Gasteiger partial charge on any atom is -0.497 e. The number of benzene rings is 1. The molecular weight excluding hydrogens is 198 g/mol. The van der Waals surface area contributed by atoms with Gasteiger partial charge in [0.25, 0.3) is 0 Å². The molecule has 0 fully saturated rings. The number of rotatable bonds is 8. The molecule has 1 aromatic carbocycles. The zero-order valence-electron chi connectivity index (χ0n) is 10.5. The Morgan fingerprint density at radius 2 is 1.94 bits per heavy atom. The maximum Gasteiger partial charge on any atom is 0.120 e. The molecule has 1 rings (SSSR count). The van der Waals surface area contributed by atoms with Crippen molar-refractivity contribution < 1.29 is 4.74 Å². The van der Waals surface area contributed by atoms with Gasteiger partial charge in [0.1, 0.15) is 5.75 Å². The molecule has 0 atom stereocenters. The van der Waals surface area contributed by atoms with Gasteiger partial charge in [0.2, 0.25) is 0 Å². The molecule has 0 aromatic heterocycles. The number of nitrogens with one attached hydrogen (secondary N) is 1. The molecule has 0 aliphatic carbocycles. The molecule has 2 nitrogen and oxygen atoms in total. The number of methoxy groups -OCH3 is 1. The van der Waals surface area contributed by atoms with E-state index in [4.69, 9.17) is 4.74 Å². The van der Waals surface area contributed by atoms with Crippen LogP contribution in [0.3, 0.4) is 0 Å². The van der Waals surface area contributed by atoms with Gasteiger partial charge in [-0.15, -0.1) is 0 Å². The molecule has 0 aliphatic rings. The summed E-state index contributed by atoms with van der Waals surface area (Å²) in [6.45, 7) is 3.30. The normalized spacial score (nSPS) is 10.1. The Morgan fingerprint density at radius 3 is 2.69 bits per heavy atom. The van der Waals surface area contributed by atoms with E-state index in [-0.39, 0.29) is 0 Å². The fourth-order valence-corrected chi connectivity index (χ4v) is 1.69. The minimum atomic E-state index is 0.913. The molecule has 16 heavy (non-hydrogen) atoms. The summed E-state index contributed by atoms with van der Waals surface area (Å²) in [4.78, 5) is 0. The lowest BCUT2D eigenvalue weighted by molar-refractivity contribution is 0.415. The molecule has 2 heteroatoms. The van der Waals surface area contributed by atoms with Crippen LogP contribution in [0, 0.1) is 0 Å². The third kappa shape index (κ3) is 5.06. The van der Waals surface area contributed by atoms with E-state index in [2.05, 4.69) is 18.3 Å². The summed E-state index contributed by atoms with van der Waals surface area (Å²) in [5.41, 5.74) is 1.15. The van der Waals surface area contributed by atoms with Crippen molar-refractivity contribution >= 4 is 5.69 Å². The highest BCUT2D eigenvalue weighted by Gasteiger charge is 1.94. The molecule has 0 saturated carbocycles. The zero-order chi connectivity index (χ0) is 11.6. The van der Waals surface area contributed by atoms with E-state index in [1.165, 1.54) is 32.1 Å². The van der Waals surface area contributed by atoms with Gasteiger partial charge in [-0.25, -0.2) is 0 Å². The number of hydrogen-bond acceptors (Lipinski definition) is 2. The SMILES string of the molecule is CCCCCCCNc1cccc(OC)c1. The van der Waals surface area contributed by atoms with E-state index in [9.17, 15) is 0 Å². The summed E-state index contributed by atoms with van der Waals surface area (Å²) in [6, 6.07) is 8.09. The standard InChI is InChI=1S/C14H23NO/c1-3-4-5-6-7-11-15-13-9-8-10-14(12-13)16-2/h8-10,12,15H,3-7,11H2,1-2H3. The van der Waals surface area contributed by atoms with Crippen LogP contribution >= 0.6 is 0 Å². The third-order valence-corrected chi connectivity index (χ3v) is 2.68. The van der Waals surface area contributed by atoms with Crippen LogP contribution in [-0.2, 0) is 0 Å². The fraction of sp³-hybridized carbons (Fsp3) is 0.571. The highest BCUT2D eigenvalue weighted by molar-refractivity contribution is 5.47. The van der Waals surface area contributed by atoms with E-state index in [1.807, 2.05) is 18.2 Å². The third-order valence-electron chi connectivity index (χ3n) is 2.68. The highest BCUT2D eigenvalue weighted by atomic mass is 16.5. The van der Waals surface area contributed by atoms with Crippen molar-refractivity contribution in [3.63, 3.8) is 0 Å². The molecule has 0 aliphatic heterocycles. The lowest BCUT2D eigenvalue weighted by Crippen LogP contribution is -2.01. The Bertz CT molecular complexity index is 286. The number of unbranched alkanes of at least 4 members (excludes halogenated alkanes) is 4. The van der Waals surface area contributed by atoms with E-state index >= 15 is 0 Å². The Kier molecular flexibility index (Phi) is 6.47. The summed E-state index contributed by atoms with van der Waals surface area (Å²) in [7, 11) is 1.70. The van der Waals surface area contributed by atoms with Crippen molar-refractivity contribution in [2.75, 3.05) is 19.0 Å². The zero-order valence-corrected chi connectivity index (χ0v) is 10.5. The van der Waals surface area contributed by atoms with Gasteiger partial charge in [0.15, 0.2) is 0 Å². The molecule has 0 spiro atoms. The first kappa shape index (κ1) is 12.9. The largest absolute Gasteiger partial charge is 0.497 e. The van der Waals surface area contributed by atoms with Crippen LogP contribution in [-0.4, -0.2) is 13.7 Å². The van der Waals surface area contributed by atoms with Crippen molar-refractivity contribution in [3.8, 4) is 5.75 Å². The van der Waals surface area contributed by atoms with Crippen molar-refractivity contribution in [3.05, 3.63) is 24.3 Å². The maximum absolute atomic E-state index is 5.17. The Hall–Kier alpha value is -1.18. The lowest BCUT2D eigenvalue weighted by atomic mass is 10.1. The second-order valence-corrected chi connectivity index (χ2v) is 4.07. The molecule has 0 saturated heterocycles. The van der Waals surface area contributed by atoms with Gasteiger partial charge in [-0.1, -0.05) is 38.7 Å². The summed E-state index contributed by atoms with van der Waals surface area (Å²) in [5.74, 6) is 0.913. The average molecular weight is 221 g/mol. The second kappa shape index (κ2) is 8.03. The molecular formula is C14H23NO. The van der Waals surface area contributed by atoms with Crippen LogP contribution in [0.15, 0.2) is 24.3 Å². The first-order valence-electron chi connectivity index (χ1n) is 6.24. The predicted molar refractivity (Wildman–Crippen MR) is 70.2 cm³/mol. The van der Waals surface area contributed by atoms with E-state index in [0.717, 1.165) is 18.0 Å². The molecule has 0 amide bonds. The van der Waals surface area contributed by atoms with E-state index in [0.29, 0.717) is 0 Å². The van der Waals surface area contributed by atoms with Crippen LogP contribution in [0.1, 0.15) is 39.0 Å². The van der Waals surface area contributed by atoms with E-state index < -0.39 is 0 Å². The fourth-order valence-electron chi connectivity index (χ4n) is 1.69. The van der Waals surface area contributed by atoms with Gasteiger partial charge < -0.3 is 10.1 Å². The Labute approximate surface area is 99.0 Å². The molecule has 0 heterocycles. The molecule has 0 radical (unpaired) electrons. The van der Waals surface area contributed by atoms with Gasteiger partial charge in [0.05, 0.1) is 7.11 Å². The van der Waals surface area contributed by atoms with Crippen molar-refractivity contribution in [2.45, 2.75) is 39.0 Å². The number of hydrogen-bond donors (Lipinski definition) is 1. The molecule has 90 valence electrons. The topological polar surface area (TPSA) is 21.3 Å². The van der Waals surface area contributed by atoms with Crippen LogP contribution < -0.4 is 10.1 Å². The predicted octanol–water partition coefficient (Wildman–Crippen LogP) is 4.08. The monoisotopic (exact) mass is 221 g/mol. The first-order chi connectivity index (χ1) is 7.86. The Morgan fingerprint density at radius 1 is 1.12 bits per heavy atom. The lowest BCUT2D eigenvalue weighted by Gasteiger charge is -2.07. The van der Waals surface area contributed by atoms with Crippen LogP contribution in [0.4, 0.5) is 5.69 Å². The Balaban J connectivity index is 2.16. The number of anilines is 1. The maximum atomic E-state index is 5.17. The molecule has 1 N–H and O–H groups in total. The van der Waals surface area contributed by atoms with Crippen molar-refractivity contribution in [1.29, 1.82) is 0 Å². The molecule has 0 bridgehead atoms. The summed E-state index contributed by atoms with van der Waals surface area (Å²) in [6.07, 6.45) is 6.60. The smallest absolute Gasteiger partial charge is 0.120 e. The van der Waals surface area contributed by atoms with E-state index in [1.54, 1.807) is 7.11 Å². The summed E-state index contributed by atoms with van der Waals surface area (Å²) < 4.78 is 5.17. The second-order valence-electron chi connectivity index (χ2n) is 4.07. The van der Waals surface area contributed by atoms with Gasteiger partial charge in [0, 0.05) is 18.3 Å². The van der Waals surface area contributed by atoms with Crippen molar-refractivity contribution in [1.82, 2.24) is 0 Å². The van der Waals surface area contributed by atoms with Crippen LogP contribution in [0.5, 0.6) is 5.75 Å². The van der Waals surface area contributed by atoms with Gasteiger partial charge >= 0.3 is 0 Å². The van der Waals surface area contributed by atoms with Gasteiger partial charge in [-0.2, -0.15) is 0 Å². The van der Waals surface area contributed by atoms with Crippen LogP contribution in [0.25, 0.3) is 0 Å². The van der Waals surface area contributed by atoms with Crippen LogP contribution in [0.2, 0.25) is 0 Å². The summed E-state index contributed by atoms with van der Waals surface area (Å²) >= 11 is 0. The average Bonchev–Trinajstić information content (AvgIpc) is 2.34. The quantitative estimate of drug-likeness (QED) is 0.668. The summed E-state index contributed by atoms with van der Waals surface area (Å²) in [5, 5.41) is 3.42. The van der Waals surface area contributed by atoms with Gasteiger partial charge in [-0.05, 0) is 18.6 Å². The van der Waals surface area contributed by atoms with Crippen molar-refractivity contribution in [2.24, 2.45) is 0 Å². The van der Waals surface area contributed by atoms with Gasteiger partial charge in [-0.3, -0.25) is 0 Å². The minimum absolute atomic E-state index is 0.913. The number of ether oxygens (including phenoxy) is 1. The first-order valence-corrected chi connectivity index (χ1v) is 6.24.